The van der Waals surface area contributed by atoms with Crippen molar-refractivity contribution in [1.82, 2.24) is 15.0 Å². The minimum absolute atomic E-state index is 0.197. The first kappa shape index (κ1) is 27.0. The minimum Gasteiger partial charge on any atom is -0.456 e. The highest BCUT2D eigenvalue weighted by Crippen LogP contribution is 2.53. The Kier molecular flexibility index (Phi) is 5.59. The van der Waals surface area contributed by atoms with Crippen LogP contribution in [0, 0.1) is 0 Å². The van der Waals surface area contributed by atoms with Gasteiger partial charge in [0.1, 0.15) is 11.2 Å². The van der Waals surface area contributed by atoms with Crippen molar-refractivity contribution in [2.24, 2.45) is 0 Å². The highest BCUT2D eigenvalue weighted by molar-refractivity contribution is 6.15. The van der Waals surface area contributed by atoms with E-state index in [0.717, 1.165) is 49.4 Å². The van der Waals surface area contributed by atoms with Crippen LogP contribution >= 0.6 is 0 Å². The van der Waals surface area contributed by atoms with Gasteiger partial charge in [-0.15, -0.1) is 0 Å². The van der Waals surface area contributed by atoms with Crippen LogP contribution in [0.15, 0.2) is 144 Å². The molecule has 0 N–H and O–H groups in total. The van der Waals surface area contributed by atoms with E-state index in [1.807, 2.05) is 24.3 Å². The lowest BCUT2D eigenvalue weighted by atomic mass is 9.82. The molecule has 0 aliphatic heterocycles. The van der Waals surface area contributed by atoms with Gasteiger partial charge in [0.15, 0.2) is 17.5 Å². The van der Waals surface area contributed by atoms with Gasteiger partial charge in [0.25, 0.3) is 0 Å². The van der Waals surface area contributed by atoms with E-state index >= 15 is 0 Å². The van der Waals surface area contributed by atoms with Gasteiger partial charge >= 0.3 is 0 Å². The molecule has 0 fully saturated rings. The van der Waals surface area contributed by atoms with Gasteiger partial charge < -0.3 is 4.42 Å². The molecule has 2 heterocycles. The monoisotopic (exact) mass is 615 g/mol. The number of aromatic nitrogens is 3. The number of hydrogen-bond acceptors (Lipinski definition) is 4. The summed E-state index contributed by atoms with van der Waals surface area (Å²) in [5, 5.41) is 6.73. The van der Waals surface area contributed by atoms with Crippen molar-refractivity contribution in [3.8, 4) is 45.3 Å². The zero-order valence-electron chi connectivity index (χ0n) is 26.5. The van der Waals surface area contributed by atoms with Gasteiger partial charge in [-0.2, -0.15) is 0 Å². The summed E-state index contributed by atoms with van der Waals surface area (Å²) in [6.45, 7) is 4.59. The van der Waals surface area contributed by atoms with Gasteiger partial charge in [-0.25, -0.2) is 15.0 Å². The molecule has 0 radical (unpaired) electrons. The van der Waals surface area contributed by atoms with Crippen LogP contribution in [0.3, 0.4) is 0 Å². The Hall–Kier alpha value is -6.13. The Labute approximate surface area is 277 Å². The van der Waals surface area contributed by atoms with E-state index in [-0.39, 0.29) is 5.41 Å². The van der Waals surface area contributed by atoms with Crippen molar-refractivity contribution < 1.29 is 4.42 Å². The van der Waals surface area contributed by atoms with E-state index in [1.54, 1.807) is 0 Å². The maximum atomic E-state index is 6.79. The van der Waals surface area contributed by atoms with Crippen LogP contribution in [0.1, 0.15) is 25.0 Å². The average molecular weight is 616 g/mol. The highest BCUT2D eigenvalue weighted by Gasteiger charge is 2.38. The smallest absolute Gasteiger partial charge is 0.164 e. The fraction of sp³-hybridized carbons (Fsp3) is 0.0682. The maximum absolute atomic E-state index is 6.79. The largest absolute Gasteiger partial charge is 0.456 e. The van der Waals surface area contributed by atoms with Gasteiger partial charge in [-0.3, -0.25) is 0 Å². The number of hydrogen-bond donors (Lipinski definition) is 0. The van der Waals surface area contributed by atoms with E-state index in [0.29, 0.717) is 17.5 Å². The molecule has 226 valence electrons. The van der Waals surface area contributed by atoms with Crippen LogP contribution < -0.4 is 0 Å². The van der Waals surface area contributed by atoms with E-state index in [2.05, 4.69) is 129 Å². The maximum Gasteiger partial charge on any atom is 0.164 e. The third-order valence-corrected chi connectivity index (χ3v) is 10.1. The van der Waals surface area contributed by atoms with Gasteiger partial charge in [0.05, 0.1) is 0 Å². The standard InChI is InChI=1S/C44H29N3O/c1-44(2)36-21-11-10-19-31(36)32-23-24-33-38-34(20-12-22-37(38)48-40(33)39(32)44)42-45-41(26-13-4-3-5-14-26)46-43(47-42)35-25-27-15-6-7-16-28(27)29-17-8-9-18-30(29)35/h3-25H,1-2H3. The third-order valence-electron chi connectivity index (χ3n) is 10.1. The molecule has 0 amide bonds. The Morgan fingerprint density at radius 3 is 2.00 bits per heavy atom. The lowest BCUT2D eigenvalue weighted by Gasteiger charge is -2.21. The number of furan rings is 1. The first-order chi connectivity index (χ1) is 23.6. The minimum atomic E-state index is -0.197. The van der Waals surface area contributed by atoms with Crippen molar-refractivity contribution in [1.29, 1.82) is 0 Å². The Bertz CT molecular complexity index is 2760. The molecular formula is C44H29N3O. The molecule has 4 nitrogen and oxygen atoms in total. The molecule has 48 heavy (non-hydrogen) atoms. The molecule has 7 aromatic carbocycles. The Morgan fingerprint density at radius 1 is 0.479 bits per heavy atom. The Morgan fingerprint density at radius 2 is 1.15 bits per heavy atom. The fourth-order valence-electron chi connectivity index (χ4n) is 7.89. The van der Waals surface area contributed by atoms with Crippen molar-refractivity contribution in [3.05, 3.63) is 151 Å². The Balaban J connectivity index is 1.26. The zero-order valence-corrected chi connectivity index (χ0v) is 26.5. The second kappa shape index (κ2) is 9.93. The zero-order chi connectivity index (χ0) is 32.0. The molecule has 0 atom stereocenters. The second-order valence-corrected chi connectivity index (χ2v) is 13.2. The van der Waals surface area contributed by atoms with Crippen LogP contribution in [-0.4, -0.2) is 15.0 Å². The quantitative estimate of drug-likeness (QED) is 0.186. The molecule has 9 aromatic rings. The molecule has 2 aromatic heterocycles. The lowest BCUT2D eigenvalue weighted by Crippen LogP contribution is -2.15. The molecule has 0 saturated carbocycles. The van der Waals surface area contributed by atoms with Gasteiger partial charge in [-0.05, 0) is 56.4 Å². The van der Waals surface area contributed by atoms with E-state index in [4.69, 9.17) is 19.4 Å². The number of nitrogens with zero attached hydrogens (tertiary/aromatic N) is 3. The summed E-state index contributed by atoms with van der Waals surface area (Å²) < 4.78 is 6.79. The SMILES string of the molecule is CC1(C)c2ccccc2-c2ccc3c(oc4cccc(-c5nc(-c6ccccc6)nc(-c6cc7ccccc7c7ccccc67)n5)c43)c21. The van der Waals surface area contributed by atoms with Crippen LogP contribution in [0.25, 0.3) is 88.8 Å². The summed E-state index contributed by atoms with van der Waals surface area (Å²) in [4.78, 5) is 15.5. The number of fused-ring (bicyclic) bond motifs is 10. The van der Waals surface area contributed by atoms with Gasteiger partial charge in [0, 0.05) is 38.4 Å². The van der Waals surface area contributed by atoms with Crippen LogP contribution in [-0.2, 0) is 5.41 Å². The van der Waals surface area contributed by atoms with Gasteiger partial charge in [-0.1, -0.05) is 135 Å². The summed E-state index contributed by atoms with van der Waals surface area (Å²) in [6.07, 6.45) is 0. The topological polar surface area (TPSA) is 51.8 Å². The molecule has 4 heteroatoms. The summed E-state index contributed by atoms with van der Waals surface area (Å²) in [5.74, 6) is 1.89. The van der Waals surface area contributed by atoms with Gasteiger partial charge in [0.2, 0.25) is 0 Å². The molecule has 10 rings (SSSR count). The van der Waals surface area contributed by atoms with Crippen molar-refractivity contribution in [2.45, 2.75) is 19.3 Å². The summed E-state index contributed by atoms with van der Waals surface area (Å²) in [6, 6.07) is 48.8. The summed E-state index contributed by atoms with van der Waals surface area (Å²) in [7, 11) is 0. The first-order valence-electron chi connectivity index (χ1n) is 16.4. The van der Waals surface area contributed by atoms with Crippen LogP contribution in [0.4, 0.5) is 0 Å². The normalized spacial score (nSPS) is 13.4. The lowest BCUT2D eigenvalue weighted by molar-refractivity contribution is 0.620. The molecule has 0 spiro atoms. The molecule has 0 saturated heterocycles. The van der Waals surface area contributed by atoms with Crippen molar-refractivity contribution >= 4 is 43.5 Å². The molecular weight excluding hydrogens is 587 g/mol. The van der Waals surface area contributed by atoms with Crippen molar-refractivity contribution in [3.63, 3.8) is 0 Å². The predicted molar refractivity (Wildman–Crippen MR) is 196 cm³/mol. The molecule has 1 aliphatic carbocycles. The number of benzene rings is 7. The third kappa shape index (κ3) is 3.80. The van der Waals surface area contributed by atoms with E-state index in [9.17, 15) is 0 Å². The highest BCUT2D eigenvalue weighted by atomic mass is 16.3. The molecule has 1 aliphatic rings. The van der Waals surface area contributed by atoms with Crippen LogP contribution in [0.5, 0.6) is 0 Å². The first-order valence-corrected chi connectivity index (χ1v) is 16.4. The van der Waals surface area contributed by atoms with Crippen molar-refractivity contribution in [2.75, 3.05) is 0 Å². The molecule has 0 bridgehead atoms. The van der Waals surface area contributed by atoms with E-state index in [1.165, 1.54) is 33.0 Å². The summed E-state index contributed by atoms with van der Waals surface area (Å²) in [5.41, 5.74) is 9.45. The summed E-state index contributed by atoms with van der Waals surface area (Å²) >= 11 is 0. The average Bonchev–Trinajstić information content (AvgIpc) is 3.63. The predicted octanol–water partition coefficient (Wildman–Crippen LogP) is 11.4. The molecule has 0 unspecified atom stereocenters. The number of rotatable bonds is 3. The second-order valence-electron chi connectivity index (χ2n) is 13.2. The fourth-order valence-corrected chi connectivity index (χ4v) is 7.89. The van der Waals surface area contributed by atoms with E-state index < -0.39 is 0 Å². The van der Waals surface area contributed by atoms with Crippen LogP contribution in [0.2, 0.25) is 0 Å².